The quantitative estimate of drug-likeness (QED) is 0.248. The third kappa shape index (κ3) is 17.8. The lowest BCUT2D eigenvalue weighted by molar-refractivity contribution is 0.372. The van der Waals surface area contributed by atoms with Gasteiger partial charge in [-0.3, -0.25) is 0 Å². The zero-order chi connectivity index (χ0) is 19.3. The first-order chi connectivity index (χ1) is 13.4. The van der Waals surface area contributed by atoms with Gasteiger partial charge < -0.3 is 0 Å². The minimum atomic E-state index is 1.07. The van der Waals surface area contributed by atoms with Crippen LogP contribution in [0.3, 0.4) is 0 Å². The lowest BCUT2D eigenvalue weighted by Crippen LogP contribution is -2.01. The summed E-state index contributed by atoms with van der Waals surface area (Å²) in [5.74, 6) is 1.07. The van der Waals surface area contributed by atoms with E-state index in [1.165, 1.54) is 148 Å². The lowest BCUT2D eigenvalue weighted by atomic mass is 9.90. The van der Waals surface area contributed by atoms with Crippen molar-refractivity contribution < 1.29 is 0 Å². The van der Waals surface area contributed by atoms with Gasteiger partial charge in [-0.05, 0) is 5.92 Å². The SMILES string of the molecule is CCCCCCCCCCCCCCCCC1CCCCCCCCCC1. The van der Waals surface area contributed by atoms with E-state index in [1.54, 1.807) is 12.8 Å². The van der Waals surface area contributed by atoms with E-state index in [-0.39, 0.29) is 0 Å². The Hall–Kier alpha value is 0. The number of hydrogen-bond donors (Lipinski definition) is 0. The second-order valence-electron chi connectivity index (χ2n) is 9.66. The first kappa shape index (κ1) is 25.0. The number of rotatable bonds is 15. The van der Waals surface area contributed by atoms with Gasteiger partial charge in [0.05, 0.1) is 0 Å². The maximum atomic E-state index is 2.31. The van der Waals surface area contributed by atoms with Gasteiger partial charge in [0.25, 0.3) is 0 Å². The highest BCUT2D eigenvalue weighted by Gasteiger charge is 2.09. The zero-order valence-electron chi connectivity index (χ0n) is 19.3. The molecule has 0 aromatic rings. The van der Waals surface area contributed by atoms with Crippen LogP contribution in [0, 0.1) is 5.92 Å². The molecule has 0 unspecified atom stereocenters. The fourth-order valence-corrected chi connectivity index (χ4v) is 4.99. The molecular formula is C27H54. The molecule has 0 radical (unpaired) electrons. The second kappa shape index (κ2) is 20.7. The summed E-state index contributed by atoms with van der Waals surface area (Å²) >= 11 is 0. The summed E-state index contributed by atoms with van der Waals surface area (Å²) in [7, 11) is 0. The lowest BCUT2D eigenvalue weighted by Gasteiger charge is -2.16. The monoisotopic (exact) mass is 378 g/mol. The summed E-state index contributed by atoms with van der Waals surface area (Å²) in [5.41, 5.74) is 0. The maximum absolute atomic E-state index is 2.31. The molecule has 0 nitrogen and oxygen atoms in total. The summed E-state index contributed by atoms with van der Waals surface area (Å²) in [4.78, 5) is 0. The van der Waals surface area contributed by atoms with E-state index in [0.29, 0.717) is 0 Å². The van der Waals surface area contributed by atoms with Crippen molar-refractivity contribution in [2.75, 3.05) is 0 Å². The molecule has 1 aliphatic rings. The van der Waals surface area contributed by atoms with Crippen LogP contribution < -0.4 is 0 Å². The molecule has 0 amide bonds. The third-order valence-electron chi connectivity index (χ3n) is 6.94. The first-order valence-corrected chi connectivity index (χ1v) is 13.4. The Balaban J connectivity index is 1.84. The minimum Gasteiger partial charge on any atom is -0.0654 e. The molecule has 0 heteroatoms. The van der Waals surface area contributed by atoms with Gasteiger partial charge in [-0.2, -0.15) is 0 Å². The molecule has 0 bridgehead atoms. The van der Waals surface area contributed by atoms with Crippen LogP contribution in [0.2, 0.25) is 0 Å². The average molecular weight is 379 g/mol. The Kier molecular flexibility index (Phi) is 19.2. The minimum absolute atomic E-state index is 1.07. The van der Waals surface area contributed by atoms with E-state index >= 15 is 0 Å². The first-order valence-electron chi connectivity index (χ1n) is 13.4. The van der Waals surface area contributed by atoms with Crippen molar-refractivity contribution >= 4 is 0 Å². The predicted octanol–water partition coefficient (Wildman–Crippen LogP) is 10.4. The van der Waals surface area contributed by atoms with Crippen molar-refractivity contribution in [1.29, 1.82) is 0 Å². The van der Waals surface area contributed by atoms with Gasteiger partial charge in [-0.15, -0.1) is 0 Å². The fourth-order valence-electron chi connectivity index (χ4n) is 4.99. The molecule has 0 aromatic heterocycles. The summed E-state index contributed by atoms with van der Waals surface area (Å²) in [6, 6.07) is 0. The molecule has 0 aromatic carbocycles. The summed E-state index contributed by atoms with van der Waals surface area (Å²) in [5, 5.41) is 0. The van der Waals surface area contributed by atoms with Crippen LogP contribution in [0.4, 0.5) is 0 Å². The van der Waals surface area contributed by atoms with Gasteiger partial charge in [0.2, 0.25) is 0 Å². The fraction of sp³-hybridized carbons (Fsp3) is 1.00. The second-order valence-corrected chi connectivity index (χ2v) is 9.66. The average Bonchev–Trinajstić information content (AvgIpc) is 2.74. The van der Waals surface area contributed by atoms with E-state index in [2.05, 4.69) is 6.92 Å². The number of hydrogen-bond acceptors (Lipinski definition) is 0. The number of unbranched alkanes of at least 4 members (excludes halogenated alkanes) is 13. The highest BCUT2D eigenvalue weighted by atomic mass is 14.2. The van der Waals surface area contributed by atoms with Gasteiger partial charge in [0.1, 0.15) is 0 Å². The maximum Gasteiger partial charge on any atom is -0.0414 e. The van der Waals surface area contributed by atoms with Gasteiger partial charge in [0, 0.05) is 0 Å². The molecule has 0 spiro atoms. The van der Waals surface area contributed by atoms with Crippen LogP contribution in [0.1, 0.15) is 167 Å². The van der Waals surface area contributed by atoms with Crippen molar-refractivity contribution in [2.45, 2.75) is 167 Å². The van der Waals surface area contributed by atoms with Gasteiger partial charge in [-0.25, -0.2) is 0 Å². The van der Waals surface area contributed by atoms with Crippen molar-refractivity contribution in [3.05, 3.63) is 0 Å². The Bertz CT molecular complexity index is 257. The Morgan fingerprint density at radius 2 is 0.741 bits per heavy atom. The Morgan fingerprint density at radius 3 is 1.15 bits per heavy atom. The Labute approximate surface area is 173 Å². The van der Waals surface area contributed by atoms with Crippen LogP contribution >= 0.6 is 0 Å². The Morgan fingerprint density at radius 1 is 0.407 bits per heavy atom. The molecule has 1 fully saturated rings. The van der Waals surface area contributed by atoms with Crippen LogP contribution in [0.5, 0.6) is 0 Å². The smallest absolute Gasteiger partial charge is 0.0414 e. The molecule has 0 heterocycles. The summed E-state index contributed by atoms with van der Waals surface area (Å²) < 4.78 is 0. The van der Waals surface area contributed by atoms with Crippen molar-refractivity contribution in [2.24, 2.45) is 5.92 Å². The van der Waals surface area contributed by atoms with Crippen LogP contribution in [-0.2, 0) is 0 Å². The van der Waals surface area contributed by atoms with E-state index in [9.17, 15) is 0 Å². The van der Waals surface area contributed by atoms with Crippen LogP contribution in [-0.4, -0.2) is 0 Å². The molecule has 1 saturated carbocycles. The third-order valence-corrected chi connectivity index (χ3v) is 6.94. The predicted molar refractivity (Wildman–Crippen MR) is 125 cm³/mol. The summed E-state index contributed by atoms with van der Waals surface area (Å²) in [6.07, 6.45) is 37.5. The molecule has 0 N–H and O–H groups in total. The molecule has 0 saturated heterocycles. The van der Waals surface area contributed by atoms with Crippen LogP contribution in [0.15, 0.2) is 0 Å². The molecule has 27 heavy (non-hydrogen) atoms. The topological polar surface area (TPSA) is 0 Å². The van der Waals surface area contributed by atoms with Crippen LogP contribution in [0.25, 0.3) is 0 Å². The van der Waals surface area contributed by atoms with Crippen molar-refractivity contribution in [3.63, 3.8) is 0 Å². The molecule has 0 atom stereocenters. The van der Waals surface area contributed by atoms with E-state index in [0.717, 1.165) is 5.92 Å². The normalized spacial score (nSPS) is 17.7. The van der Waals surface area contributed by atoms with E-state index in [4.69, 9.17) is 0 Å². The van der Waals surface area contributed by atoms with Crippen molar-refractivity contribution in [3.8, 4) is 0 Å². The molecule has 1 rings (SSSR count). The molecule has 0 aliphatic heterocycles. The molecule has 1 aliphatic carbocycles. The van der Waals surface area contributed by atoms with Gasteiger partial charge >= 0.3 is 0 Å². The molecular weight excluding hydrogens is 324 g/mol. The van der Waals surface area contributed by atoms with Crippen molar-refractivity contribution in [1.82, 2.24) is 0 Å². The van der Waals surface area contributed by atoms with Gasteiger partial charge in [-0.1, -0.05) is 167 Å². The highest BCUT2D eigenvalue weighted by Crippen LogP contribution is 2.25. The van der Waals surface area contributed by atoms with Gasteiger partial charge in [0.15, 0.2) is 0 Å². The zero-order valence-corrected chi connectivity index (χ0v) is 19.3. The summed E-state index contributed by atoms with van der Waals surface area (Å²) in [6.45, 7) is 2.31. The molecule has 162 valence electrons. The largest absolute Gasteiger partial charge is 0.0654 e. The van der Waals surface area contributed by atoms with E-state index in [1.807, 2.05) is 0 Å². The highest BCUT2D eigenvalue weighted by molar-refractivity contribution is 4.63. The standard InChI is InChI=1S/C27H54/c1-2-3-4-5-6-7-8-9-10-11-12-15-18-21-24-27-25-22-19-16-13-14-17-20-23-26-27/h27H,2-26H2,1H3. The van der Waals surface area contributed by atoms with E-state index < -0.39 is 0 Å².